The maximum Gasteiger partial charge on any atom is 0.330 e. The van der Waals surface area contributed by atoms with Crippen molar-refractivity contribution < 1.29 is 27.1 Å². The zero-order valence-electron chi connectivity index (χ0n) is 9.71. The summed E-state index contributed by atoms with van der Waals surface area (Å²) in [6, 6.07) is 6.06. The maximum absolute atomic E-state index is 12.4. The highest BCUT2D eigenvalue weighted by molar-refractivity contribution is 5.91. The Balaban J connectivity index is 2.34. The lowest BCUT2D eigenvalue weighted by Gasteiger charge is -2.14. The Bertz CT molecular complexity index is 423. The van der Waals surface area contributed by atoms with Gasteiger partial charge in [-0.25, -0.2) is 8.78 Å². The normalized spacial score (nSPS) is 11.6. The van der Waals surface area contributed by atoms with Crippen molar-refractivity contribution in [2.24, 2.45) is 0 Å². The predicted molar refractivity (Wildman–Crippen MR) is 61.3 cm³/mol. The van der Waals surface area contributed by atoms with E-state index in [1.807, 2.05) is 0 Å². The van der Waals surface area contributed by atoms with Crippen molar-refractivity contribution in [1.29, 1.82) is 0 Å². The molecule has 0 aliphatic rings. The number of benzene rings is 1. The zero-order valence-corrected chi connectivity index (χ0v) is 9.71. The molecule has 1 aromatic carbocycles. The van der Waals surface area contributed by atoms with Crippen LogP contribution in [0.2, 0.25) is 0 Å². The second-order valence-electron chi connectivity index (χ2n) is 3.72. The SMILES string of the molecule is Nc1ccc(NC(=O)COCC(F)(F)C(F)F)cc1. The van der Waals surface area contributed by atoms with Crippen LogP contribution >= 0.6 is 0 Å². The van der Waals surface area contributed by atoms with Gasteiger partial charge in [0.1, 0.15) is 13.2 Å². The molecule has 0 aliphatic carbocycles. The van der Waals surface area contributed by atoms with E-state index in [4.69, 9.17) is 5.73 Å². The van der Waals surface area contributed by atoms with Gasteiger partial charge in [-0.3, -0.25) is 4.79 Å². The van der Waals surface area contributed by atoms with Crippen molar-refractivity contribution in [3.8, 4) is 0 Å². The van der Waals surface area contributed by atoms with Gasteiger partial charge in [-0.05, 0) is 24.3 Å². The third kappa shape index (κ3) is 5.12. The Hall–Kier alpha value is -1.83. The van der Waals surface area contributed by atoms with E-state index >= 15 is 0 Å². The van der Waals surface area contributed by atoms with Gasteiger partial charge in [0.2, 0.25) is 5.91 Å². The molecule has 0 unspecified atom stereocenters. The van der Waals surface area contributed by atoms with Gasteiger partial charge < -0.3 is 15.8 Å². The number of anilines is 2. The van der Waals surface area contributed by atoms with Crippen LogP contribution in [0.5, 0.6) is 0 Å². The highest BCUT2D eigenvalue weighted by Gasteiger charge is 2.41. The molecule has 0 saturated carbocycles. The number of hydrogen-bond donors (Lipinski definition) is 2. The van der Waals surface area contributed by atoms with E-state index in [0.29, 0.717) is 11.4 Å². The van der Waals surface area contributed by atoms with Gasteiger partial charge in [0.25, 0.3) is 0 Å². The Labute approximate surface area is 106 Å². The first-order chi connectivity index (χ1) is 8.81. The van der Waals surface area contributed by atoms with Crippen molar-refractivity contribution in [3.63, 3.8) is 0 Å². The Morgan fingerprint density at radius 3 is 2.42 bits per heavy atom. The average molecular weight is 280 g/mol. The highest BCUT2D eigenvalue weighted by atomic mass is 19.3. The van der Waals surface area contributed by atoms with Crippen molar-refractivity contribution in [3.05, 3.63) is 24.3 Å². The Kier molecular flexibility index (Phi) is 5.11. The van der Waals surface area contributed by atoms with E-state index in [2.05, 4.69) is 10.1 Å². The first-order valence-electron chi connectivity index (χ1n) is 5.20. The predicted octanol–water partition coefficient (Wildman–Crippen LogP) is 2.12. The molecule has 3 N–H and O–H groups in total. The minimum absolute atomic E-state index is 0.392. The molecule has 0 aromatic heterocycles. The summed E-state index contributed by atoms with van der Waals surface area (Å²) in [5, 5.41) is 2.33. The summed E-state index contributed by atoms with van der Waals surface area (Å²) in [6.45, 7) is -2.26. The number of nitrogen functional groups attached to an aromatic ring is 1. The summed E-state index contributed by atoms with van der Waals surface area (Å²) in [6.07, 6.45) is -3.83. The number of hydrogen-bond acceptors (Lipinski definition) is 3. The van der Waals surface area contributed by atoms with Crippen LogP contribution in [0.25, 0.3) is 0 Å². The number of halogens is 4. The molecule has 0 fully saturated rings. The summed E-state index contributed by atoms with van der Waals surface area (Å²) in [5.41, 5.74) is 6.31. The average Bonchev–Trinajstić information content (AvgIpc) is 2.31. The van der Waals surface area contributed by atoms with Gasteiger partial charge in [0, 0.05) is 11.4 Å². The van der Waals surface area contributed by atoms with Crippen molar-refractivity contribution in [2.75, 3.05) is 24.3 Å². The van der Waals surface area contributed by atoms with E-state index < -0.39 is 31.5 Å². The zero-order chi connectivity index (χ0) is 14.5. The minimum atomic E-state index is -4.26. The van der Waals surface area contributed by atoms with Crippen LogP contribution < -0.4 is 11.1 Å². The van der Waals surface area contributed by atoms with Gasteiger partial charge in [-0.2, -0.15) is 8.78 Å². The molecule has 106 valence electrons. The van der Waals surface area contributed by atoms with Crippen LogP contribution in [0, 0.1) is 0 Å². The molecule has 8 heteroatoms. The smallest absolute Gasteiger partial charge is 0.330 e. The second kappa shape index (κ2) is 6.37. The summed E-state index contributed by atoms with van der Waals surface area (Å²) in [7, 11) is 0. The summed E-state index contributed by atoms with van der Waals surface area (Å²) >= 11 is 0. The molecule has 0 saturated heterocycles. The number of amides is 1. The largest absolute Gasteiger partial charge is 0.399 e. The number of nitrogens with one attached hydrogen (secondary N) is 1. The van der Waals surface area contributed by atoms with Crippen molar-refractivity contribution in [2.45, 2.75) is 12.3 Å². The fourth-order valence-corrected chi connectivity index (χ4v) is 1.11. The van der Waals surface area contributed by atoms with Gasteiger partial charge >= 0.3 is 12.3 Å². The second-order valence-corrected chi connectivity index (χ2v) is 3.72. The molecule has 0 heterocycles. The van der Waals surface area contributed by atoms with Gasteiger partial charge in [-0.1, -0.05) is 0 Å². The lowest BCUT2D eigenvalue weighted by atomic mass is 10.3. The first-order valence-corrected chi connectivity index (χ1v) is 5.20. The van der Waals surface area contributed by atoms with Crippen LogP contribution in [0.3, 0.4) is 0 Å². The lowest BCUT2D eigenvalue weighted by molar-refractivity contribution is -0.167. The molecular formula is C11H12F4N2O2. The molecule has 1 rings (SSSR count). The molecule has 4 nitrogen and oxygen atoms in total. The number of rotatable bonds is 6. The molecule has 0 spiro atoms. The van der Waals surface area contributed by atoms with Crippen molar-refractivity contribution in [1.82, 2.24) is 0 Å². The Morgan fingerprint density at radius 2 is 1.89 bits per heavy atom. The van der Waals surface area contributed by atoms with Gasteiger partial charge in [0.15, 0.2) is 0 Å². The van der Waals surface area contributed by atoms with Crippen LogP contribution in [0.4, 0.5) is 28.9 Å². The fraction of sp³-hybridized carbons (Fsp3) is 0.364. The number of carbonyl (C=O) groups is 1. The van der Waals surface area contributed by atoms with Gasteiger partial charge in [-0.15, -0.1) is 0 Å². The van der Waals surface area contributed by atoms with Crippen LogP contribution in [-0.4, -0.2) is 31.5 Å². The highest BCUT2D eigenvalue weighted by Crippen LogP contribution is 2.22. The van der Waals surface area contributed by atoms with E-state index in [-0.39, 0.29) is 0 Å². The lowest BCUT2D eigenvalue weighted by Crippen LogP contribution is -2.33. The molecule has 0 radical (unpaired) electrons. The van der Waals surface area contributed by atoms with E-state index in [9.17, 15) is 22.4 Å². The van der Waals surface area contributed by atoms with Crippen LogP contribution in [0.1, 0.15) is 0 Å². The number of nitrogens with two attached hydrogens (primary N) is 1. The van der Waals surface area contributed by atoms with Gasteiger partial charge in [0.05, 0.1) is 0 Å². The number of ether oxygens (including phenoxy) is 1. The topological polar surface area (TPSA) is 64.3 Å². The quantitative estimate of drug-likeness (QED) is 0.619. The van der Waals surface area contributed by atoms with Crippen molar-refractivity contribution >= 4 is 17.3 Å². The maximum atomic E-state index is 12.4. The fourth-order valence-electron chi connectivity index (χ4n) is 1.11. The molecule has 1 amide bonds. The minimum Gasteiger partial charge on any atom is -0.399 e. The third-order valence-electron chi connectivity index (χ3n) is 2.04. The number of carbonyl (C=O) groups excluding carboxylic acids is 1. The van der Waals surface area contributed by atoms with E-state index in [0.717, 1.165) is 0 Å². The molecule has 19 heavy (non-hydrogen) atoms. The standard InChI is InChI=1S/C11H12F4N2O2/c12-10(13)11(14,15)6-19-5-9(18)17-8-3-1-7(16)2-4-8/h1-4,10H,5-6,16H2,(H,17,18). The molecule has 0 aliphatic heterocycles. The van der Waals surface area contributed by atoms with Crippen LogP contribution in [-0.2, 0) is 9.53 Å². The number of alkyl halides is 4. The van der Waals surface area contributed by atoms with Crippen LogP contribution in [0.15, 0.2) is 24.3 Å². The summed E-state index contributed by atoms with van der Waals surface area (Å²) in [5.74, 6) is -4.99. The monoisotopic (exact) mass is 280 g/mol. The first kappa shape index (κ1) is 15.2. The molecule has 1 aromatic rings. The molecule has 0 atom stereocenters. The molecular weight excluding hydrogens is 268 g/mol. The summed E-state index contributed by atoms with van der Waals surface area (Å²) < 4.78 is 52.7. The summed E-state index contributed by atoms with van der Waals surface area (Å²) in [4.78, 5) is 11.3. The van der Waals surface area contributed by atoms with E-state index in [1.54, 1.807) is 0 Å². The third-order valence-corrected chi connectivity index (χ3v) is 2.04. The molecule has 0 bridgehead atoms. The van der Waals surface area contributed by atoms with E-state index in [1.165, 1.54) is 24.3 Å². The Morgan fingerprint density at radius 1 is 1.32 bits per heavy atom.